The van der Waals surface area contributed by atoms with E-state index < -0.39 is 0 Å². The fourth-order valence-corrected chi connectivity index (χ4v) is 5.10. The Morgan fingerprint density at radius 1 is 1.28 bits per heavy atom. The molecule has 2 atom stereocenters. The third-order valence-electron chi connectivity index (χ3n) is 5.75. The smallest absolute Gasteiger partial charge is 0.234 e. The van der Waals surface area contributed by atoms with E-state index in [0.717, 1.165) is 23.0 Å². The Kier molecular flexibility index (Phi) is 7.32. The lowest BCUT2D eigenvalue weighted by molar-refractivity contribution is -0.113. The molecule has 1 saturated carbocycles. The van der Waals surface area contributed by atoms with Gasteiger partial charge in [0.2, 0.25) is 5.91 Å². The first kappa shape index (κ1) is 22.6. The van der Waals surface area contributed by atoms with Crippen LogP contribution in [0.25, 0.3) is 11.4 Å². The zero-order chi connectivity index (χ0) is 22.5. The van der Waals surface area contributed by atoms with Gasteiger partial charge in [0.05, 0.1) is 18.6 Å². The van der Waals surface area contributed by atoms with Gasteiger partial charge in [0.25, 0.3) is 0 Å². The Balaban J connectivity index is 1.55. The van der Waals surface area contributed by atoms with Crippen LogP contribution in [0.15, 0.2) is 47.9 Å². The van der Waals surface area contributed by atoms with Crippen molar-refractivity contribution < 1.29 is 9.53 Å². The molecular weight excluding hydrogens is 446 g/mol. The second-order valence-corrected chi connectivity index (χ2v) is 9.31. The van der Waals surface area contributed by atoms with Crippen molar-refractivity contribution >= 4 is 35.0 Å². The van der Waals surface area contributed by atoms with Gasteiger partial charge >= 0.3 is 0 Å². The van der Waals surface area contributed by atoms with Crippen molar-refractivity contribution in [3.05, 3.63) is 47.7 Å². The van der Waals surface area contributed by atoms with Crippen LogP contribution in [0.1, 0.15) is 38.6 Å². The van der Waals surface area contributed by atoms with Gasteiger partial charge < -0.3 is 10.1 Å². The van der Waals surface area contributed by atoms with E-state index in [9.17, 15) is 4.79 Å². The zero-order valence-corrected chi connectivity index (χ0v) is 19.7. The van der Waals surface area contributed by atoms with E-state index in [1.54, 1.807) is 37.7 Å². The molecule has 3 aromatic rings. The largest absolute Gasteiger partial charge is 0.495 e. The molecule has 7 nitrogen and oxygen atoms in total. The molecule has 1 aliphatic rings. The van der Waals surface area contributed by atoms with Gasteiger partial charge in [0, 0.05) is 29.0 Å². The second-order valence-electron chi connectivity index (χ2n) is 7.93. The Hall–Kier alpha value is -2.58. The first-order valence-electron chi connectivity index (χ1n) is 10.7. The normalized spacial score (nSPS) is 18.3. The summed E-state index contributed by atoms with van der Waals surface area (Å²) in [6.07, 6.45) is 8.23. The first-order valence-corrected chi connectivity index (χ1v) is 12.0. The van der Waals surface area contributed by atoms with Crippen LogP contribution in [-0.4, -0.2) is 38.5 Å². The number of anilines is 1. The summed E-state index contributed by atoms with van der Waals surface area (Å²) in [5.74, 6) is 1.91. The average molecular weight is 472 g/mol. The summed E-state index contributed by atoms with van der Waals surface area (Å²) in [6, 6.07) is 9.32. The number of halogens is 1. The number of nitrogens with zero attached hydrogens (tertiary/aromatic N) is 4. The minimum absolute atomic E-state index is 0.162. The molecule has 1 amide bonds. The number of hydrogen-bond acceptors (Lipinski definition) is 6. The number of hydrogen-bond donors (Lipinski definition) is 1. The summed E-state index contributed by atoms with van der Waals surface area (Å²) in [6.45, 7) is 2.28. The van der Waals surface area contributed by atoms with Gasteiger partial charge in [-0.05, 0) is 49.1 Å². The second kappa shape index (κ2) is 10.4. The van der Waals surface area contributed by atoms with Gasteiger partial charge in [0.1, 0.15) is 5.75 Å². The van der Waals surface area contributed by atoms with E-state index >= 15 is 0 Å². The number of nitrogens with one attached hydrogen (secondary N) is 1. The summed E-state index contributed by atoms with van der Waals surface area (Å²) in [7, 11) is 1.56. The average Bonchev–Trinajstić information content (AvgIpc) is 3.22. The molecule has 4 rings (SSSR count). The molecule has 168 valence electrons. The van der Waals surface area contributed by atoms with Crippen molar-refractivity contribution in [2.24, 2.45) is 5.92 Å². The minimum Gasteiger partial charge on any atom is -0.495 e. The standard InChI is InChI=1S/C23H26ClN5O2S/c1-15-6-3-4-8-19(15)29-22(16-7-5-11-25-13-16)27-28-23(29)32-14-21(30)26-18-12-17(24)9-10-20(18)31-2/h5,7,9-13,15,19H,3-4,6,8,14H2,1-2H3,(H,26,30). The van der Waals surface area contributed by atoms with E-state index in [-0.39, 0.29) is 11.7 Å². The lowest BCUT2D eigenvalue weighted by Gasteiger charge is -2.31. The van der Waals surface area contributed by atoms with Crippen LogP contribution in [0.4, 0.5) is 5.69 Å². The van der Waals surface area contributed by atoms with Crippen LogP contribution < -0.4 is 10.1 Å². The van der Waals surface area contributed by atoms with E-state index in [2.05, 4.69) is 32.0 Å². The number of pyridine rings is 1. The summed E-state index contributed by atoms with van der Waals surface area (Å²) >= 11 is 7.46. The predicted octanol–water partition coefficient (Wildman–Crippen LogP) is 5.48. The van der Waals surface area contributed by atoms with Gasteiger partial charge in [-0.2, -0.15) is 0 Å². The Bertz CT molecular complexity index is 1080. The molecule has 9 heteroatoms. The van der Waals surface area contributed by atoms with Gasteiger partial charge in [0.15, 0.2) is 11.0 Å². The van der Waals surface area contributed by atoms with Gasteiger partial charge in [-0.25, -0.2) is 0 Å². The van der Waals surface area contributed by atoms with Crippen LogP contribution in [0, 0.1) is 5.92 Å². The van der Waals surface area contributed by atoms with Crippen molar-refractivity contribution in [1.82, 2.24) is 19.7 Å². The minimum atomic E-state index is -0.162. The van der Waals surface area contributed by atoms with E-state index in [4.69, 9.17) is 16.3 Å². The third kappa shape index (κ3) is 5.07. The summed E-state index contributed by atoms with van der Waals surface area (Å²) in [5, 5.41) is 13.1. The number of amides is 1. The van der Waals surface area contributed by atoms with E-state index in [1.165, 1.54) is 31.0 Å². The molecule has 0 bridgehead atoms. The monoisotopic (exact) mass is 471 g/mol. The molecule has 0 aliphatic heterocycles. The highest BCUT2D eigenvalue weighted by molar-refractivity contribution is 7.99. The number of carbonyl (C=O) groups excluding carboxylic acids is 1. The predicted molar refractivity (Wildman–Crippen MR) is 127 cm³/mol. The molecule has 0 radical (unpaired) electrons. The van der Waals surface area contributed by atoms with Crippen LogP contribution in [0.3, 0.4) is 0 Å². The summed E-state index contributed by atoms with van der Waals surface area (Å²) < 4.78 is 7.52. The summed E-state index contributed by atoms with van der Waals surface area (Å²) in [5.41, 5.74) is 1.47. The maximum absolute atomic E-state index is 12.7. The molecule has 1 fully saturated rings. The number of thioether (sulfide) groups is 1. The van der Waals surface area contributed by atoms with Gasteiger partial charge in [-0.1, -0.05) is 43.1 Å². The number of carbonyl (C=O) groups is 1. The maximum atomic E-state index is 12.7. The molecule has 2 aromatic heterocycles. The molecule has 0 spiro atoms. The van der Waals surface area contributed by atoms with Crippen LogP contribution >= 0.6 is 23.4 Å². The highest BCUT2D eigenvalue weighted by Gasteiger charge is 2.29. The first-order chi connectivity index (χ1) is 15.6. The fourth-order valence-electron chi connectivity index (χ4n) is 4.14. The number of rotatable bonds is 7. The maximum Gasteiger partial charge on any atom is 0.234 e. The van der Waals surface area contributed by atoms with Crippen molar-refractivity contribution in [1.29, 1.82) is 0 Å². The Morgan fingerprint density at radius 2 is 2.12 bits per heavy atom. The van der Waals surface area contributed by atoms with Crippen molar-refractivity contribution in [2.75, 3.05) is 18.2 Å². The molecular formula is C23H26ClN5O2S. The molecule has 32 heavy (non-hydrogen) atoms. The van der Waals surface area contributed by atoms with Gasteiger partial charge in [-0.15, -0.1) is 10.2 Å². The number of benzene rings is 1. The van der Waals surface area contributed by atoms with Crippen LogP contribution in [-0.2, 0) is 4.79 Å². The Morgan fingerprint density at radius 3 is 2.88 bits per heavy atom. The van der Waals surface area contributed by atoms with Crippen LogP contribution in [0.2, 0.25) is 5.02 Å². The van der Waals surface area contributed by atoms with E-state index in [1.807, 2.05) is 12.1 Å². The topological polar surface area (TPSA) is 81.9 Å². The van der Waals surface area contributed by atoms with Crippen molar-refractivity contribution in [3.63, 3.8) is 0 Å². The SMILES string of the molecule is COc1ccc(Cl)cc1NC(=O)CSc1nnc(-c2cccnc2)n1C1CCCCC1C. The molecule has 1 aliphatic carbocycles. The highest BCUT2D eigenvalue weighted by atomic mass is 35.5. The van der Waals surface area contributed by atoms with Crippen molar-refractivity contribution in [2.45, 2.75) is 43.8 Å². The van der Waals surface area contributed by atoms with Crippen LogP contribution in [0.5, 0.6) is 5.75 Å². The lowest BCUT2D eigenvalue weighted by atomic mass is 9.85. The van der Waals surface area contributed by atoms with Crippen molar-refractivity contribution in [3.8, 4) is 17.1 Å². The molecule has 0 saturated heterocycles. The quantitative estimate of drug-likeness (QED) is 0.459. The number of methoxy groups -OCH3 is 1. The number of aromatic nitrogens is 4. The molecule has 2 heterocycles. The molecule has 1 N–H and O–H groups in total. The van der Waals surface area contributed by atoms with E-state index in [0.29, 0.717) is 28.4 Å². The van der Waals surface area contributed by atoms with Gasteiger partial charge in [-0.3, -0.25) is 14.3 Å². The number of ether oxygens (including phenoxy) is 1. The molecule has 2 unspecified atom stereocenters. The highest BCUT2D eigenvalue weighted by Crippen LogP contribution is 2.39. The fraction of sp³-hybridized carbons (Fsp3) is 0.391. The lowest BCUT2D eigenvalue weighted by Crippen LogP contribution is -2.23. The molecule has 1 aromatic carbocycles. The summed E-state index contributed by atoms with van der Waals surface area (Å²) in [4.78, 5) is 16.9. The third-order valence-corrected chi connectivity index (χ3v) is 6.93. The Labute approximate surface area is 196 Å². The zero-order valence-electron chi connectivity index (χ0n) is 18.1.